The van der Waals surface area contributed by atoms with Gasteiger partial charge < -0.3 is 21.1 Å². The summed E-state index contributed by atoms with van der Waals surface area (Å²) in [4.78, 5) is 15.3. The number of anilines is 2. The Hall–Kier alpha value is -1.98. The monoisotopic (exact) mass is 250 g/mol. The molecule has 18 heavy (non-hydrogen) atoms. The fraction of sp³-hybridized carbons (Fsp3) is 0.500. The van der Waals surface area contributed by atoms with E-state index >= 15 is 0 Å². The van der Waals surface area contributed by atoms with E-state index in [-0.39, 0.29) is 11.9 Å². The van der Waals surface area contributed by atoms with E-state index in [1.807, 2.05) is 6.92 Å². The third kappa shape index (κ3) is 3.03. The zero-order valence-electron chi connectivity index (χ0n) is 10.4. The summed E-state index contributed by atoms with van der Waals surface area (Å²) in [5.74, 6) is 1.26. The van der Waals surface area contributed by atoms with Crippen LogP contribution in [-0.4, -0.2) is 30.1 Å². The number of rotatable bonds is 5. The third-order valence-electron chi connectivity index (χ3n) is 2.79. The molecule has 0 aromatic carbocycles. The third-order valence-corrected chi connectivity index (χ3v) is 2.79. The number of nitrogens with one attached hydrogen (secondary N) is 2. The largest absolute Gasteiger partial charge is 0.476 e. The lowest BCUT2D eigenvalue weighted by molar-refractivity contribution is -0.119. The fourth-order valence-corrected chi connectivity index (χ4v) is 1.86. The highest BCUT2D eigenvalue weighted by molar-refractivity contribution is 5.78. The molecular weight excluding hydrogens is 232 g/mol. The predicted molar refractivity (Wildman–Crippen MR) is 69.5 cm³/mol. The van der Waals surface area contributed by atoms with E-state index in [4.69, 9.17) is 10.5 Å². The van der Waals surface area contributed by atoms with E-state index in [9.17, 15) is 4.79 Å². The summed E-state index contributed by atoms with van der Waals surface area (Å²) in [5.41, 5.74) is 6.26. The lowest BCUT2D eigenvalue weighted by Crippen LogP contribution is -2.32. The average molecular weight is 250 g/mol. The van der Waals surface area contributed by atoms with Crippen LogP contribution in [0, 0.1) is 0 Å². The van der Waals surface area contributed by atoms with Gasteiger partial charge >= 0.3 is 0 Å². The van der Waals surface area contributed by atoms with Gasteiger partial charge in [-0.2, -0.15) is 4.98 Å². The van der Waals surface area contributed by atoms with Crippen LogP contribution in [0.2, 0.25) is 0 Å². The summed E-state index contributed by atoms with van der Waals surface area (Å²) in [7, 11) is 0. The second-order valence-electron chi connectivity index (χ2n) is 4.21. The molecule has 1 fully saturated rings. The lowest BCUT2D eigenvalue weighted by atomic mass is 10.2. The van der Waals surface area contributed by atoms with Gasteiger partial charge in [0.25, 0.3) is 0 Å². The van der Waals surface area contributed by atoms with Crippen LogP contribution in [0.3, 0.4) is 0 Å². The van der Waals surface area contributed by atoms with Gasteiger partial charge in [-0.25, -0.2) is 0 Å². The molecule has 6 heteroatoms. The first-order valence-electron chi connectivity index (χ1n) is 6.11. The van der Waals surface area contributed by atoms with Crippen LogP contribution < -0.4 is 21.1 Å². The Labute approximate surface area is 106 Å². The van der Waals surface area contributed by atoms with Crippen molar-refractivity contribution >= 4 is 17.4 Å². The van der Waals surface area contributed by atoms with Crippen molar-refractivity contribution in [1.29, 1.82) is 0 Å². The second kappa shape index (κ2) is 5.57. The lowest BCUT2D eigenvalue weighted by Gasteiger charge is -2.13. The summed E-state index contributed by atoms with van der Waals surface area (Å²) in [6.45, 7) is 3.07. The number of nitrogens with zero attached hydrogens (tertiary/aromatic N) is 1. The Morgan fingerprint density at radius 2 is 2.44 bits per heavy atom. The molecule has 6 nitrogen and oxygen atoms in total. The number of aromatic nitrogens is 1. The molecule has 4 N–H and O–H groups in total. The molecule has 1 aromatic heterocycles. The minimum absolute atomic E-state index is 0.113. The maximum absolute atomic E-state index is 11.1. The Balaban J connectivity index is 1.92. The van der Waals surface area contributed by atoms with E-state index in [2.05, 4.69) is 15.6 Å². The number of amides is 1. The maximum Gasteiger partial charge on any atom is 0.239 e. The Kier molecular flexibility index (Phi) is 3.86. The summed E-state index contributed by atoms with van der Waals surface area (Å²) >= 11 is 0. The molecular formula is C12H18N4O2. The Bertz CT molecular complexity index is 436. The van der Waals surface area contributed by atoms with Crippen molar-refractivity contribution in [2.45, 2.75) is 25.8 Å². The number of carbonyl (C=O) groups is 1. The van der Waals surface area contributed by atoms with Crippen LogP contribution in [-0.2, 0) is 4.79 Å². The minimum atomic E-state index is 0.113. The van der Waals surface area contributed by atoms with Gasteiger partial charge in [0.1, 0.15) is 5.82 Å². The quantitative estimate of drug-likeness (QED) is 0.717. The minimum Gasteiger partial charge on any atom is -0.476 e. The molecule has 0 spiro atoms. The summed E-state index contributed by atoms with van der Waals surface area (Å²) in [5, 5.41) is 6.06. The molecule has 0 aliphatic carbocycles. The van der Waals surface area contributed by atoms with Crippen LogP contribution >= 0.6 is 0 Å². The fourth-order valence-electron chi connectivity index (χ4n) is 1.86. The number of carbonyl (C=O) groups excluding carboxylic acids is 1. The van der Waals surface area contributed by atoms with Gasteiger partial charge in [-0.15, -0.1) is 0 Å². The van der Waals surface area contributed by atoms with Crippen LogP contribution in [0.15, 0.2) is 12.1 Å². The Morgan fingerprint density at radius 1 is 1.61 bits per heavy atom. The van der Waals surface area contributed by atoms with Gasteiger partial charge in [0.05, 0.1) is 12.3 Å². The van der Waals surface area contributed by atoms with Crippen LogP contribution in [0.25, 0.3) is 0 Å². The van der Waals surface area contributed by atoms with Gasteiger partial charge in [-0.1, -0.05) is 0 Å². The van der Waals surface area contributed by atoms with E-state index in [0.717, 1.165) is 6.42 Å². The molecule has 0 bridgehead atoms. The van der Waals surface area contributed by atoms with Gasteiger partial charge in [-0.05, 0) is 25.5 Å². The van der Waals surface area contributed by atoms with Gasteiger partial charge in [0, 0.05) is 19.0 Å². The summed E-state index contributed by atoms with van der Waals surface area (Å²) in [6.07, 6.45) is 1.46. The molecule has 98 valence electrons. The highest BCUT2D eigenvalue weighted by atomic mass is 16.5. The second-order valence-corrected chi connectivity index (χ2v) is 4.21. The van der Waals surface area contributed by atoms with Crippen molar-refractivity contribution in [2.75, 3.05) is 24.2 Å². The summed E-state index contributed by atoms with van der Waals surface area (Å²) < 4.78 is 5.32. The number of nitrogens with two attached hydrogens (primary N) is 1. The van der Waals surface area contributed by atoms with E-state index in [0.29, 0.717) is 37.0 Å². The van der Waals surface area contributed by atoms with Crippen molar-refractivity contribution in [3.63, 3.8) is 0 Å². The first-order valence-corrected chi connectivity index (χ1v) is 6.11. The van der Waals surface area contributed by atoms with Crippen LogP contribution in [0.4, 0.5) is 11.5 Å². The molecule has 1 aromatic rings. The van der Waals surface area contributed by atoms with E-state index < -0.39 is 0 Å². The molecule has 2 heterocycles. The van der Waals surface area contributed by atoms with E-state index in [1.54, 1.807) is 12.1 Å². The molecule has 2 rings (SSSR count). The predicted octanol–water partition coefficient (Wildman–Crippen LogP) is 0.753. The highest BCUT2D eigenvalue weighted by Gasteiger charge is 2.20. The first-order chi connectivity index (χ1) is 8.69. The smallest absolute Gasteiger partial charge is 0.239 e. The molecule has 1 saturated heterocycles. The van der Waals surface area contributed by atoms with Gasteiger partial charge in [0.2, 0.25) is 11.8 Å². The normalized spacial score (nSPS) is 18.5. The number of hydrogen-bond acceptors (Lipinski definition) is 5. The highest BCUT2D eigenvalue weighted by Crippen LogP contribution is 2.20. The Morgan fingerprint density at radius 3 is 3.11 bits per heavy atom. The molecule has 1 aliphatic heterocycles. The number of ether oxygens (including phenoxy) is 1. The molecule has 0 saturated carbocycles. The number of hydrogen-bond donors (Lipinski definition) is 3. The maximum atomic E-state index is 11.1. The molecule has 0 radical (unpaired) electrons. The van der Waals surface area contributed by atoms with Gasteiger partial charge in [-0.3, -0.25) is 4.79 Å². The van der Waals surface area contributed by atoms with Crippen LogP contribution in [0.5, 0.6) is 5.88 Å². The SMILES string of the molecule is CCOc1nc(NCC2CCC(=O)N2)ccc1N. The molecule has 1 unspecified atom stereocenters. The van der Waals surface area contributed by atoms with E-state index in [1.165, 1.54) is 0 Å². The molecule has 1 aliphatic rings. The number of nitrogen functional groups attached to an aromatic ring is 1. The first kappa shape index (κ1) is 12.5. The zero-order valence-corrected chi connectivity index (χ0v) is 10.4. The molecule has 1 amide bonds. The summed E-state index contributed by atoms with van der Waals surface area (Å²) in [6, 6.07) is 3.73. The van der Waals surface area contributed by atoms with Crippen molar-refractivity contribution in [3.05, 3.63) is 12.1 Å². The zero-order chi connectivity index (χ0) is 13.0. The van der Waals surface area contributed by atoms with Crippen LogP contribution in [0.1, 0.15) is 19.8 Å². The van der Waals surface area contributed by atoms with Crippen molar-refractivity contribution in [2.24, 2.45) is 0 Å². The van der Waals surface area contributed by atoms with Gasteiger partial charge in [0.15, 0.2) is 0 Å². The number of pyridine rings is 1. The molecule has 1 atom stereocenters. The van der Waals surface area contributed by atoms with Crippen molar-refractivity contribution in [3.8, 4) is 5.88 Å². The topological polar surface area (TPSA) is 89.3 Å². The average Bonchev–Trinajstić information content (AvgIpc) is 2.76. The van der Waals surface area contributed by atoms with Crippen molar-refractivity contribution < 1.29 is 9.53 Å². The standard InChI is InChI=1S/C12H18N4O2/c1-2-18-12-9(13)4-5-10(16-12)14-7-8-3-6-11(17)15-8/h4-5,8H,2-3,6-7,13H2,1H3,(H,14,16)(H,15,17). The van der Waals surface area contributed by atoms with Crippen molar-refractivity contribution in [1.82, 2.24) is 10.3 Å².